The molecule has 0 saturated heterocycles. The second kappa shape index (κ2) is 10.7. The Balaban J connectivity index is 1.54. The molecule has 0 bridgehead atoms. The number of pyridine rings is 2. The second-order valence-electron chi connectivity index (χ2n) is 7.37. The third kappa shape index (κ3) is 5.66. The minimum atomic E-state index is -0.375. The quantitative estimate of drug-likeness (QED) is 0.266. The van der Waals surface area contributed by atoms with Crippen LogP contribution in [0.15, 0.2) is 48.8 Å². The van der Waals surface area contributed by atoms with E-state index in [0.29, 0.717) is 38.4 Å². The number of hydrogen-bond donors (Lipinski definition) is 1. The number of methoxy groups -OCH3 is 1. The van der Waals surface area contributed by atoms with Crippen molar-refractivity contribution < 1.29 is 14.3 Å². The van der Waals surface area contributed by atoms with Crippen molar-refractivity contribution in [3.8, 4) is 28.7 Å². The number of nitrogens with zero attached hydrogens (tertiary/aromatic N) is 5. The number of carbonyl (C=O) groups is 1. The molecule has 35 heavy (non-hydrogen) atoms. The SMILES string of the molecule is COc1cnc(Cl)cc1-c1cc(C)ncc1C(=O)Nc1nnc(C(C)Oc2ccc(C#N)cc2)[se]1. The van der Waals surface area contributed by atoms with Crippen molar-refractivity contribution >= 4 is 36.7 Å². The molecule has 1 N–H and O–H groups in total. The molecule has 1 unspecified atom stereocenters. The van der Waals surface area contributed by atoms with Crippen molar-refractivity contribution in [1.82, 2.24) is 20.2 Å². The van der Waals surface area contributed by atoms with Gasteiger partial charge in [-0.05, 0) is 0 Å². The Morgan fingerprint density at radius 2 is 1.91 bits per heavy atom. The topological polar surface area (TPSA) is 123 Å². The van der Waals surface area contributed by atoms with Gasteiger partial charge < -0.3 is 0 Å². The van der Waals surface area contributed by atoms with Crippen molar-refractivity contribution in [3.63, 3.8) is 0 Å². The fourth-order valence-corrected chi connectivity index (χ4v) is 4.90. The third-order valence-corrected chi connectivity index (χ3v) is 7.24. The third-order valence-electron chi connectivity index (χ3n) is 4.93. The van der Waals surface area contributed by atoms with Gasteiger partial charge in [0, 0.05) is 0 Å². The van der Waals surface area contributed by atoms with Crippen LogP contribution in [0.2, 0.25) is 5.15 Å². The average molecular weight is 554 g/mol. The zero-order chi connectivity index (χ0) is 24.9. The van der Waals surface area contributed by atoms with Gasteiger partial charge in [0.05, 0.1) is 0 Å². The zero-order valence-corrected chi connectivity index (χ0v) is 21.4. The molecule has 1 amide bonds. The predicted octanol–water partition coefficient (Wildman–Crippen LogP) is 4.23. The maximum atomic E-state index is 13.2. The predicted molar refractivity (Wildman–Crippen MR) is 131 cm³/mol. The number of halogens is 1. The van der Waals surface area contributed by atoms with Gasteiger partial charge in [-0.15, -0.1) is 0 Å². The first kappa shape index (κ1) is 24.4. The maximum absolute atomic E-state index is 13.2. The number of nitriles is 1. The number of aromatic nitrogens is 4. The molecule has 1 atom stereocenters. The van der Waals surface area contributed by atoms with E-state index in [2.05, 4.69) is 31.6 Å². The summed E-state index contributed by atoms with van der Waals surface area (Å²) in [6.07, 6.45) is 2.67. The van der Waals surface area contributed by atoms with Crippen LogP contribution in [-0.2, 0) is 0 Å². The summed E-state index contributed by atoms with van der Waals surface area (Å²) in [7, 11) is 1.53. The first-order valence-corrected chi connectivity index (χ1v) is 12.4. The van der Waals surface area contributed by atoms with Crippen molar-refractivity contribution in [2.75, 3.05) is 12.4 Å². The molecule has 0 radical (unpaired) electrons. The Morgan fingerprint density at radius 3 is 2.63 bits per heavy atom. The Kier molecular flexibility index (Phi) is 7.42. The molecule has 3 aromatic heterocycles. The molecule has 0 saturated carbocycles. The van der Waals surface area contributed by atoms with Gasteiger partial charge >= 0.3 is 213 Å². The molecule has 0 fully saturated rings. The van der Waals surface area contributed by atoms with Crippen LogP contribution in [0.3, 0.4) is 0 Å². The van der Waals surface area contributed by atoms with Gasteiger partial charge in [0.1, 0.15) is 0 Å². The van der Waals surface area contributed by atoms with E-state index in [0.717, 1.165) is 10.3 Å². The van der Waals surface area contributed by atoms with Gasteiger partial charge in [-0.3, -0.25) is 0 Å². The minimum absolute atomic E-state index is 0.277. The number of amides is 1. The molecule has 176 valence electrons. The van der Waals surface area contributed by atoms with Crippen molar-refractivity contribution in [2.24, 2.45) is 0 Å². The monoisotopic (exact) mass is 554 g/mol. The number of anilines is 1. The van der Waals surface area contributed by atoms with E-state index in [1.54, 1.807) is 36.4 Å². The normalized spacial score (nSPS) is 11.4. The van der Waals surface area contributed by atoms with E-state index in [4.69, 9.17) is 26.3 Å². The summed E-state index contributed by atoms with van der Waals surface area (Å²) in [5, 5.41) is 20.4. The summed E-state index contributed by atoms with van der Waals surface area (Å²) in [5.74, 6) is 0.726. The molecule has 11 heteroatoms. The van der Waals surface area contributed by atoms with Crippen molar-refractivity contribution in [1.29, 1.82) is 5.26 Å². The average Bonchev–Trinajstić information content (AvgIpc) is 3.33. The molecule has 1 aromatic carbocycles. The van der Waals surface area contributed by atoms with Gasteiger partial charge in [-0.1, -0.05) is 0 Å². The fraction of sp³-hybridized carbons (Fsp3) is 0.167. The second-order valence-corrected chi connectivity index (χ2v) is 9.88. The van der Waals surface area contributed by atoms with E-state index in [-0.39, 0.29) is 31.7 Å². The van der Waals surface area contributed by atoms with Crippen molar-refractivity contribution in [3.05, 3.63) is 75.3 Å². The summed E-state index contributed by atoms with van der Waals surface area (Å²) in [6, 6.07) is 12.3. The van der Waals surface area contributed by atoms with Crippen LogP contribution in [0.1, 0.15) is 39.2 Å². The first-order valence-electron chi connectivity index (χ1n) is 10.4. The van der Waals surface area contributed by atoms with Gasteiger partial charge in [0.2, 0.25) is 0 Å². The summed E-state index contributed by atoms with van der Waals surface area (Å²) in [6.45, 7) is 3.69. The van der Waals surface area contributed by atoms with Gasteiger partial charge in [-0.2, -0.15) is 0 Å². The first-order chi connectivity index (χ1) is 16.9. The summed E-state index contributed by atoms with van der Waals surface area (Å²) >= 11 is 5.78. The molecule has 0 spiro atoms. The molecule has 0 aliphatic carbocycles. The summed E-state index contributed by atoms with van der Waals surface area (Å²) < 4.78 is 12.5. The van der Waals surface area contributed by atoms with Crippen LogP contribution in [-0.4, -0.2) is 47.7 Å². The number of carbonyl (C=O) groups excluding carboxylic acids is 1. The molecule has 9 nitrogen and oxygen atoms in total. The molecular weight excluding hydrogens is 535 g/mol. The van der Waals surface area contributed by atoms with Crippen LogP contribution >= 0.6 is 11.6 Å². The van der Waals surface area contributed by atoms with Gasteiger partial charge in [0.25, 0.3) is 0 Å². The molecule has 3 heterocycles. The molecular formula is C24H19ClN6O3Se. The van der Waals surface area contributed by atoms with E-state index in [1.165, 1.54) is 19.5 Å². The Morgan fingerprint density at radius 1 is 1.14 bits per heavy atom. The number of hydrogen-bond acceptors (Lipinski definition) is 8. The van der Waals surface area contributed by atoms with Crippen LogP contribution in [0.25, 0.3) is 11.1 Å². The van der Waals surface area contributed by atoms with Crippen LogP contribution in [0.5, 0.6) is 11.5 Å². The number of aryl methyl sites for hydroxylation is 1. The zero-order valence-electron chi connectivity index (χ0n) is 18.9. The van der Waals surface area contributed by atoms with Gasteiger partial charge in [-0.25, -0.2) is 0 Å². The number of nitrogens with one attached hydrogen (secondary N) is 1. The molecule has 0 aliphatic heterocycles. The Bertz CT molecular complexity index is 1420. The molecule has 0 aliphatic rings. The summed E-state index contributed by atoms with van der Waals surface area (Å²) in [4.78, 5) is 21.5. The van der Waals surface area contributed by atoms with Crippen LogP contribution in [0.4, 0.5) is 4.69 Å². The number of ether oxygens (including phenoxy) is 2. The Hall–Kier alpha value is -3.77. The number of rotatable bonds is 7. The molecule has 4 aromatic rings. The van der Waals surface area contributed by atoms with Crippen molar-refractivity contribution in [2.45, 2.75) is 20.0 Å². The van der Waals surface area contributed by atoms with Gasteiger partial charge in [0.15, 0.2) is 0 Å². The molecule has 4 rings (SSSR count). The van der Waals surface area contributed by atoms with Crippen LogP contribution in [0, 0.1) is 18.3 Å². The van der Waals surface area contributed by atoms with E-state index >= 15 is 0 Å². The van der Waals surface area contributed by atoms with Crippen LogP contribution < -0.4 is 14.8 Å². The Labute approximate surface area is 212 Å². The van der Waals surface area contributed by atoms with E-state index in [1.807, 2.05) is 13.8 Å². The van der Waals surface area contributed by atoms with E-state index in [9.17, 15) is 4.79 Å². The standard InChI is InChI=1S/C24H19ClN6O3Se/c1-13-8-17(18-9-21(25)28-12-20(18)33-3)19(11-27-13)22(32)29-24-31-30-23(35-24)14(2)34-16-6-4-15(10-26)5-7-16/h4-9,11-12,14H,1-3H3,(H,29,31,32). The number of benzene rings is 1. The fourth-order valence-electron chi connectivity index (χ4n) is 3.23. The van der Waals surface area contributed by atoms with E-state index < -0.39 is 0 Å². The summed E-state index contributed by atoms with van der Waals surface area (Å²) in [5.41, 5.74) is 2.86.